The standard InChI is InChI=1S/C19H31N3/c1-20(2)11-10-19(18-6-4-3-5-7-18)22-14-12-21(13-15-22)16-17-8-9-17/h3-7,17,19H,8-16H2,1-2H3. The Kier molecular flexibility index (Phi) is 5.51. The molecule has 2 fully saturated rings. The predicted molar refractivity (Wildman–Crippen MR) is 93.1 cm³/mol. The molecule has 0 radical (unpaired) electrons. The second kappa shape index (κ2) is 7.58. The Morgan fingerprint density at radius 3 is 2.32 bits per heavy atom. The quantitative estimate of drug-likeness (QED) is 0.767. The fraction of sp³-hybridized carbons (Fsp3) is 0.684. The van der Waals surface area contributed by atoms with Crippen LogP contribution in [-0.2, 0) is 0 Å². The minimum atomic E-state index is 0.576. The van der Waals surface area contributed by atoms with Crippen LogP contribution in [0, 0.1) is 5.92 Å². The number of nitrogens with zero attached hydrogens (tertiary/aromatic N) is 3. The van der Waals surface area contributed by atoms with Crippen molar-refractivity contribution in [2.45, 2.75) is 25.3 Å². The van der Waals surface area contributed by atoms with Crippen LogP contribution >= 0.6 is 0 Å². The van der Waals surface area contributed by atoms with Crippen LogP contribution in [0.2, 0.25) is 0 Å². The van der Waals surface area contributed by atoms with Crippen LogP contribution < -0.4 is 0 Å². The maximum absolute atomic E-state index is 2.71. The smallest absolute Gasteiger partial charge is 0.0361 e. The van der Waals surface area contributed by atoms with Gasteiger partial charge in [0.15, 0.2) is 0 Å². The predicted octanol–water partition coefficient (Wildman–Crippen LogP) is 2.71. The lowest BCUT2D eigenvalue weighted by atomic mass is 10.0. The summed E-state index contributed by atoms with van der Waals surface area (Å²) in [6.45, 7) is 7.45. The summed E-state index contributed by atoms with van der Waals surface area (Å²) in [7, 11) is 4.35. The molecule has 1 aliphatic carbocycles. The third-order valence-electron chi connectivity index (χ3n) is 5.10. The molecule has 122 valence electrons. The van der Waals surface area contributed by atoms with Crippen LogP contribution in [0.1, 0.15) is 30.9 Å². The molecule has 3 heteroatoms. The first-order valence-corrected chi connectivity index (χ1v) is 8.88. The zero-order valence-corrected chi connectivity index (χ0v) is 14.2. The highest BCUT2D eigenvalue weighted by atomic mass is 15.3. The Hall–Kier alpha value is -0.900. The molecular formula is C19H31N3. The summed E-state index contributed by atoms with van der Waals surface area (Å²) in [4.78, 5) is 7.70. The average molecular weight is 301 g/mol. The van der Waals surface area contributed by atoms with E-state index in [1.165, 1.54) is 57.5 Å². The molecule has 1 saturated heterocycles. The van der Waals surface area contributed by atoms with Crippen molar-refractivity contribution in [2.24, 2.45) is 5.92 Å². The molecule has 1 saturated carbocycles. The van der Waals surface area contributed by atoms with E-state index in [0.29, 0.717) is 6.04 Å². The molecule has 0 spiro atoms. The average Bonchev–Trinajstić information content (AvgIpc) is 3.34. The number of hydrogen-bond donors (Lipinski definition) is 0. The molecule has 1 aromatic rings. The van der Waals surface area contributed by atoms with Crippen molar-refractivity contribution in [1.82, 2.24) is 14.7 Å². The van der Waals surface area contributed by atoms with Gasteiger partial charge in [-0.2, -0.15) is 0 Å². The van der Waals surface area contributed by atoms with Crippen molar-refractivity contribution >= 4 is 0 Å². The van der Waals surface area contributed by atoms with Gasteiger partial charge >= 0.3 is 0 Å². The van der Waals surface area contributed by atoms with E-state index in [9.17, 15) is 0 Å². The van der Waals surface area contributed by atoms with Crippen LogP contribution in [0.5, 0.6) is 0 Å². The molecule has 2 aliphatic rings. The topological polar surface area (TPSA) is 9.72 Å². The van der Waals surface area contributed by atoms with Crippen LogP contribution in [0.25, 0.3) is 0 Å². The first kappa shape index (κ1) is 16.0. The van der Waals surface area contributed by atoms with Gasteiger partial charge in [0.1, 0.15) is 0 Å². The van der Waals surface area contributed by atoms with E-state index in [2.05, 4.69) is 59.1 Å². The molecule has 3 rings (SSSR count). The van der Waals surface area contributed by atoms with Gasteiger partial charge in [-0.1, -0.05) is 30.3 Å². The van der Waals surface area contributed by atoms with Crippen LogP contribution in [-0.4, -0.2) is 68.1 Å². The van der Waals surface area contributed by atoms with Gasteiger partial charge < -0.3 is 9.80 Å². The van der Waals surface area contributed by atoms with Gasteiger partial charge in [-0.25, -0.2) is 0 Å². The third-order valence-corrected chi connectivity index (χ3v) is 5.10. The van der Waals surface area contributed by atoms with Gasteiger partial charge in [0.2, 0.25) is 0 Å². The third kappa shape index (κ3) is 4.55. The van der Waals surface area contributed by atoms with Gasteiger partial charge in [-0.15, -0.1) is 0 Å². The molecule has 0 bridgehead atoms. The summed E-state index contributed by atoms with van der Waals surface area (Å²) in [5.41, 5.74) is 1.49. The Labute approximate surface area is 135 Å². The van der Waals surface area contributed by atoms with Crippen molar-refractivity contribution in [1.29, 1.82) is 0 Å². The van der Waals surface area contributed by atoms with Crippen molar-refractivity contribution in [3.63, 3.8) is 0 Å². The SMILES string of the molecule is CN(C)CCC(c1ccccc1)N1CCN(CC2CC2)CC1. The molecule has 0 amide bonds. The van der Waals surface area contributed by atoms with E-state index < -0.39 is 0 Å². The summed E-state index contributed by atoms with van der Waals surface area (Å²) in [5.74, 6) is 1.02. The zero-order valence-electron chi connectivity index (χ0n) is 14.2. The Balaban J connectivity index is 1.59. The van der Waals surface area contributed by atoms with Gasteiger partial charge in [0.25, 0.3) is 0 Å². The van der Waals surface area contributed by atoms with E-state index in [-0.39, 0.29) is 0 Å². The molecular weight excluding hydrogens is 270 g/mol. The number of hydrogen-bond acceptors (Lipinski definition) is 3. The van der Waals surface area contributed by atoms with Gasteiger partial charge in [0.05, 0.1) is 0 Å². The molecule has 1 heterocycles. The van der Waals surface area contributed by atoms with Crippen molar-refractivity contribution in [2.75, 3.05) is 53.4 Å². The fourth-order valence-electron chi connectivity index (χ4n) is 3.54. The van der Waals surface area contributed by atoms with E-state index >= 15 is 0 Å². The summed E-state index contributed by atoms with van der Waals surface area (Å²) >= 11 is 0. The first-order chi connectivity index (χ1) is 10.7. The zero-order chi connectivity index (χ0) is 15.4. The maximum atomic E-state index is 2.71. The number of rotatable bonds is 7. The summed E-state index contributed by atoms with van der Waals surface area (Å²) < 4.78 is 0. The van der Waals surface area contributed by atoms with Crippen LogP contribution in [0.3, 0.4) is 0 Å². The largest absolute Gasteiger partial charge is 0.309 e. The second-order valence-electron chi connectivity index (χ2n) is 7.30. The molecule has 1 aromatic carbocycles. The van der Waals surface area contributed by atoms with Crippen LogP contribution in [0.15, 0.2) is 30.3 Å². The summed E-state index contributed by atoms with van der Waals surface area (Å²) in [5, 5.41) is 0. The highest BCUT2D eigenvalue weighted by Gasteiger charge is 2.28. The monoisotopic (exact) mass is 301 g/mol. The second-order valence-corrected chi connectivity index (χ2v) is 7.30. The summed E-state index contributed by atoms with van der Waals surface area (Å²) in [6.07, 6.45) is 4.16. The first-order valence-electron chi connectivity index (χ1n) is 8.88. The Morgan fingerprint density at radius 2 is 1.73 bits per heavy atom. The lowest BCUT2D eigenvalue weighted by molar-refractivity contribution is 0.0858. The van der Waals surface area contributed by atoms with Crippen molar-refractivity contribution in [3.05, 3.63) is 35.9 Å². The number of piperazine rings is 1. The Morgan fingerprint density at radius 1 is 1.05 bits per heavy atom. The molecule has 1 unspecified atom stereocenters. The van der Waals surface area contributed by atoms with E-state index in [0.717, 1.165) is 12.5 Å². The molecule has 0 N–H and O–H groups in total. The summed E-state index contributed by atoms with van der Waals surface area (Å²) in [6, 6.07) is 11.7. The van der Waals surface area contributed by atoms with Gasteiger partial charge in [0, 0.05) is 38.8 Å². The maximum Gasteiger partial charge on any atom is 0.0361 e. The fourth-order valence-corrected chi connectivity index (χ4v) is 3.54. The van der Waals surface area contributed by atoms with Crippen LogP contribution in [0.4, 0.5) is 0 Å². The Bertz CT molecular complexity index is 433. The van der Waals surface area contributed by atoms with E-state index in [4.69, 9.17) is 0 Å². The lowest BCUT2D eigenvalue weighted by Gasteiger charge is -2.40. The van der Waals surface area contributed by atoms with Crippen molar-refractivity contribution < 1.29 is 0 Å². The molecule has 22 heavy (non-hydrogen) atoms. The normalized spacial score (nSPS) is 22.1. The van der Waals surface area contributed by atoms with E-state index in [1.54, 1.807) is 0 Å². The van der Waals surface area contributed by atoms with Crippen molar-refractivity contribution in [3.8, 4) is 0 Å². The molecule has 3 nitrogen and oxygen atoms in total. The minimum absolute atomic E-state index is 0.576. The van der Waals surface area contributed by atoms with Gasteiger partial charge in [-0.3, -0.25) is 4.90 Å². The minimum Gasteiger partial charge on any atom is -0.309 e. The number of benzene rings is 1. The molecule has 1 aliphatic heterocycles. The van der Waals surface area contributed by atoms with Gasteiger partial charge in [-0.05, 0) is 51.4 Å². The highest BCUT2D eigenvalue weighted by Crippen LogP contribution is 2.31. The molecule has 0 aromatic heterocycles. The molecule has 1 atom stereocenters. The lowest BCUT2D eigenvalue weighted by Crippen LogP contribution is -2.48. The highest BCUT2D eigenvalue weighted by molar-refractivity contribution is 5.19. The van der Waals surface area contributed by atoms with E-state index in [1.807, 2.05) is 0 Å².